The molecule has 3 heteroatoms. The molecule has 1 unspecified atom stereocenters. The zero-order valence-electron chi connectivity index (χ0n) is 11.6. The van der Waals surface area contributed by atoms with Crippen LogP contribution in [0.15, 0.2) is 30.3 Å². The van der Waals surface area contributed by atoms with E-state index in [2.05, 4.69) is 17.9 Å². The first-order chi connectivity index (χ1) is 9.22. The van der Waals surface area contributed by atoms with Gasteiger partial charge in [0.05, 0.1) is 18.1 Å². The van der Waals surface area contributed by atoms with Crippen LogP contribution in [0.25, 0.3) is 0 Å². The normalized spacial score (nSPS) is 23.8. The Morgan fingerprint density at radius 2 is 2.16 bits per heavy atom. The van der Waals surface area contributed by atoms with Crippen molar-refractivity contribution in [2.75, 3.05) is 26.2 Å². The molecule has 0 radical (unpaired) electrons. The molecule has 19 heavy (non-hydrogen) atoms. The van der Waals surface area contributed by atoms with Gasteiger partial charge in [-0.25, -0.2) is 0 Å². The Hall–Kier alpha value is -1.53. The van der Waals surface area contributed by atoms with Gasteiger partial charge in [0.1, 0.15) is 5.75 Å². The predicted molar refractivity (Wildman–Crippen MR) is 75.9 cm³/mol. The number of ether oxygens (including phenoxy) is 1. The van der Waals surface area contributed by atoms with Gasteiger partial charge < -0.3 is 9.64 Å². The van der Waals surface area contributed by atoms with Crippen molar-refractivity contribution in [2.45, 2.75) is 26.2 Å². The zero-order valence-corrected chi connectivity index (χ0v) is 11.6. The molecule has 0 spiro atoms. The molecule has 0 bridgehead atoms. The van der Waals surface area contributed by atoms with Gasteiger partial charge in [0.15, 0.2) is 0 Å². The standard InChI is InChI=1S/C16H22N2O/c1-16(13-17)9-5-10-18(14-16)11-6-12-19-15-7-3-2-4-8-15/h2-4,7-8H,5-6,9-12,14H2,1H3. The summed E-state index contributed by atoms with van der Waals surface area (Å²) < 4.78 is 5.68. The quantitative estimate of drug-likeness (QED) is 0.761. The Labute approximate surface area is 115 Å². The van der Waals surface area contributed by atoms with Crippen molar-refractivity contribution in [3.8, 4) is 11.8 Å². The van der Waals surface area contributed by atoms with Gasteiger partial charge in [-0.05, 0) is 44.9 Å². The van der Waals surface area contributed by atoms with Crippen molar-refractivity contribution < 1.29 is 4.74 Å². The third kappa shape index (κ3) is 4.25. The summed E-state index contributed by atoms with van der Waals surface area (Å²) in [6.07, 6.45) is 3.17. The minimum Gasteiger partial charge on any atom is -0.494 e. The van der Waals surface area contributed by atoms with Crippen LogP contribution in [0, 0.1) is 16.7 Å². The molecule has 0 aromatic heterocycles. The number of nitrogens with zero attached hydrogens (tertiary/aromatic N) is 2. The second kappa shape index (κ2) is 6.58. The molecule has 1 aromatic rings. The lowest BCUT2D eigenvalue weighted by Gasteiger charge is -2.35. The molecule has 1 fully saturated rings. The fourth-order valence-corrected chi connectivity index (χ4v) is 2.62. The fourth-order valence-electron chi connectivity index (χ4n) is 2.62. The van der Waals surface area contributed by atoms with E-state index in [1.54, 1.807) is 0 Å². The molecule has 1 aliphatic heterocycles. The predicted octanol–water partition coefficient (Wildman–Crippen LogP) is 3.08. The molecule has 2 rings (SSSR count). The summed E-state index contributed by atoms with van der Waals surface area (Å²) in [7, 11) is 0. The average molecular weight is 258 g/mol. The lowest BCUT2D eigenvalue weighted by Crippen LogP contribution is -2.41. The van der Waals surface area contributed by atoms with E-state index in [0.717, 1.165) is 51.3 Å². The molecule has 1 heterocycles. The van der Waals surface area contributed by atoms with Crippen LogP contribution in [0.1, 0.15) is 26.2 Å². The summed E-state index contributed by atoms with van der Waals surface area (Å²) in [5.41, 5.74) is -0.154. The van der Waals surface area contributed by atoms with Crippen LogP contribution in [0.5, 0.6) is 5.75 Å². The van der Waals surface area contributed by atoms with Gasteiger partial charge >= 0.3 is 0 Å². The van der Waals surface area contributed by atoms with Crippen molar-refractivity contribution in [1.82, 2.24) is 4.90 Å². The summed E-state index contributed by atoms with van der Waals surface area (Å²) in [5, 5.41) is 9.19. The average Bonchev–Trinajstić information content (AvgIpc) is 2.45. The maximum absolute atomic E-state index is 9.19. The third-order valence-corrected chi connectivity index (χ3v) is 3.68. The number of rotatable bonds is 5. The van der Waals surface area contributed by atoms with Crippen LogP contribution in [0.3, 0.4) is 0 Å². The molecule has 0 amide bonds. The molecular weight excluding hydrogens is 236 g/mol. The minimum absolute atomic E-state index is 0.154. The Morgan fingerprint density at radius 3 is 2.89 bits per heavy atom. The zero-order chi connectivity index (χ0) is 13.6. The first kappa shape index (κ1) is 13.9. The number of likely N-dealkylation sites (tertiary alicyclic amines) is 1. The number of hydrogen-bond donors (Lipinski definition) is 0. The van der Waals surface area contributed by atoms with E-state index < -0.39 is 0 Å². The van der Waals surface area contributed by atoms with Crippen molar-refractivity contribution in [2.24, 2.45) is 5.41 Å². The lowest BCUT2D eigenvalue weighted by atomic mass is 9.83. The molecule has 3 nitrogen and oxygen atoms in total. The molecule has 0 N–H and O–H groups in total. The van der Waals surface area contributed by atoms with Crippen LogP contribution >= 0.6 is 0 Å². The molecule has 1 aromatic carbocycles. The minimum atomic E-state index is -0.154. The van der Waals surface area contributed by atoms with Gasteiger partial charge in [-0.2, -0.15) is 5.26 Å². The van der Waals surface area contributed by atoms with E-state index in [-0.39, 0.29) is 5.41 Å². The number of hydrogen-bond acceptors (Lipinski definition) is 3. The van der Waals surface area contributed by atoms with Crippen LogP contribution in [0.4, 0.5) is 0 Å². The SMILES string of the molecule is CC1(C#N)CCCN(CCCOc2ccccc2)C1. The lowest BCUT2D eigenvalue weighted by molar-refractivity contribution is 0.135. The van der Waals surface area contributed by atoms with E-state index >= 15 is 0 Å². The van der Waals surface area contributed by atoms with Crippen LogP contribution in [-0.2, 0) is 0 Å². The monoisotopic (exact) mass is 258 g/mol. The van der Waals surface area contributed by atoms with E-state index in [1.165, 1.54) is 0 Å². The highest BCUT2D eigenvalue weighted by atomic mass is 16.5. The molecular formula is C16H22N2O. The fraction of sp³-hybridized carbons (Fsp3) is 0.562. The summed E-state index contributed by atoms with van der Waals surface area (Å²) in [4.78, 5) is 2.39. The van der Waals surface area contributed by atoms with Gasteiger partial charge in [-0.15, -0.1) is 0 Å². The van der Waals surface area contributed by atoms with Crippen molar-refractivity contribution in [1.29, 1.82) is 5.26 Å². The summed E-state index contributed by atoms with van der Waals surface area (Å²) >= 11 is 0. The van der Waals surface area contributed by atoms with Crippen LogP contribution in [0.2, 0.25) is 0 Å². The molecule has 1 atom stereocenters. The maximum atomic E-state index is 9.19. The molecule has 0 saturated carbocycles. The van der Waals surface area contributed by atoms with Gasteiger partial charge in [0, 0.05) is 13.1 Å². The smallest absolute Gasteiger partial charge is 0.119 e. The van der Waals surface area contributed by atoms with Crippen LogP contribution in [-0.4, -0.2) is 31.1 Å². The topological polar surface area (TPSA) is 36.3 Å². The van der Waals surface area contributed by atoms with E-state index in [1.807, 2.05) is 30.3 Å². The first-order valence-electron chi connectivity index (χ1n) is 7.03. The number of benzene rings is 1. The first-order valence-corrected chi connectivity index (χ1v) is 7.03. The highest BCUT2D eigenvalue weighted by Crippen LogP contribution is 2.28. The Kier molecular flexibility index (Phi) is 4.81. The molecule has 0 aliphatic carbocycles. The Bertz CT molecular complexity index is 426. The van der Waals surface area contributed by atoms with E-state index in [9.17, 15) is 5.26 Å². The Morgan fingerprint density at radius 1 is 1.37 bits per heavy atom. The largest absolute Gasteiger partial charge is 0.494 e. The van der Waals surface area contributed by atoms with Gasteiger partial charge in [0.2, 0.25) is 0 Å². The molecule has 1 aliphatic rings. The molecule has 1 saturated heterocycles. The summed E-state index contributed by atoms with van der Waals surface area (Å²) in [6.45, 7) is 5.84. The van der Waals surface area contributed by atoms with Crippen molar-refractivity contribution in [3.05, 3.63) is 30.3 Å². The maximum Gasteiger partial charge on any atom is 0.119 e. The van der Waals surface area contributed by atoms with E-state index in [4.69, 9.17) is 4.74 Å². The number of piperidine rings is 1. The van der Waals surface area contributed by atoms with Gasteiger partial charge in [-0.1, -0.05) is 18.2 Å². The van der Waals surface area contributed by atoms with Crippen molar-refractivity contribution >= 4 is 0 Å². The summed E-state index contributed by atoms with van der Waals surface area (Å²) in [6, 6.07) is 12.4. The number of para-hydroxylation sites is 1. The second-order valence-electron chi connectivity index (χ2n) is 5.57. The van der Waals surface area contributed by atoms with Crippen molar-refractivity contribution in [3.63, 3.8) is 0 Å². The second-order valence-corrected chi connectivity index (χ2v) is 5.57. The van der Waals surface area contributed by atoms with Crippen LogP contribution < -0.4 is 4.74 Å². The number of nitriles is 1. The highest BCUT2D eigenvalue weighted by molar-refractivity contribution is 5.20. The summed E-state index contributed by atoms with van der Waals surface area (Å²) in [5.74, 6) is 0.933. The van der Waals surface area contributed by atoms with Gasteiger partial charge in [0.25, 0.3) is 0 Å². The third-order valence-electron chi connectivity index (χ3n) is 3.68. The molecule has 102 valence electrons. The highest BCUT2D eigenvalue weighted by Gasteiger charge is 2.30. The van der Waals surface area contributed by atoms with E-state index in [0.29, 0.717) is 0 Å². The Balaban J connectivity index is 1.67. The van der Waals surface area contributed by atoms with Gasteiger partial charge in [-0.3, -0.25) is 0 Å².